The first-order chi connectivity index (χ1) is 9.76. The molecule has 0 spiro atoms. The van der Waals surface area contributed by atoms with Gasteiger partial charge in [-0.15, -0.1) is 0 Å². The Kier molecular flexibility index (Phi) is 6.24. The number of hydrogen-bond donors (Lipinski definition) is 1. The smallest absolute Gasteiger partial charge is 0.0506 e. The molecular weight excluding hydrogens is 266 g/mol. The molecule has 2 nitrogen and oxygen atoms in total. The number of hydrogen-bond acceptors (Lipinski definition) is 2. The van der Waals surface area contributed by atoms with E-state index < -0.39 is 10.8 Å². The van der Waals surface area contributed by atoms with Gasteiger partial charge in [0.15, 0.2) is 0 Å². The van der Waals surface area contributed by atoms with Gasteiger partial charge in [0.05, 0.1) is 5.25 Å². The van der Waals surface area contributed by atoms with E-state index in [2.05, 4.69) is 42.6 Å². The molecule has 1 saturated carbocycles. The van der Waals surface area contributed by atoms with Crippen molar-refractivity contribution >= 4 is 10.8 Å². The minimum atomic E-state index is -0.704. The summed E-state index contributed by atoms with van der Waals surface area (Å²) in [6.07, 6.45) is 4.56. The molecule has 0 aromatic heterocycles. The van der Waals surface area contributed by atoms with Crippen LogP contribution in [0.4, 0.5) is 0 Å². The molecule has 0 aliphatic heterocycles. The van der Waals surface area contributed by atoms with Crippen molar-refractivity contribution in [2.45, 2.75) is 56.7 Å². The van der Waals surface area contributed by atoms with Crippen molar-refractivity contribution in [3.63, 3.8) is 0 Å². The summed E-state index contributed by atoms with van der Waals surface area (Å²) in [5.41, 5.74) is 1.42. The second-order valence-corrected chi connectivity index (χ2v) is 7.63. The minimum absolute atomic E-state index is 0.311. The SMILES string of the molecule is CCCNC1CCC(c2ccccc2)CC1S(=O)CC. The zero-order valence-corrected chi connectivity index (χ0v) is 13.5. The Bertz CT molecular complexity index is 420. The molecule has 4 atom stereocenters. The monoisotopic (exact) mass is 293 g/mol. The Labute approximate surface area is 125 Å². The molecule has 4 unspecified atom stereocenters. The van der Waals surface area contributed by atoms with E-state index in [4.69, 9.17) is 0 Å². The normalized spacial score (nSPS) is 28.2. The molecule has 1 aliphatic rings. The van der Waals surface area contributed by atoms with Gasteiger partial charge >= 0.3 is 0 Å². The van der Waals surface area contributed by atoms with Crippen molar-refractivity contribution < 1.29 is 4.21 Å². The lowest BCUT2D eigenvalue weighted by Gasteiger charge is -2.36. The molecule has 3 heteroatoms. The molecule has 1 aliphatic carbocycles. The first-order valence-electron chi connectivity index (χ1n) is 7.91. The summed E-state index contributed by atoms with van der Waals surface area (Å²) in [5, 5.41) is 3.93. The lowest BCUT2D eigenvalue weighted by molar-refractivity contribution is 0.349. The second kappa shape index (κ2) is 7.94. The highest BCUT2D eigenvalue weighted by molar-refractivity contribution is 7.85. The predicted molar refractivity (Wildman–Crippen MR) is 87.6 cm³/mol. The van der Waals surface area contributed by atoms with Crippen LogP contribution >= 0.6 is 0 Å². The van der Waals surface area contributed by atoms with Gasteiger partial charge in [-0.05, 0) is 43.7 Å². The van der Waals surface area contributed by atoms with Crippen LogP contribution in [0, 0.1) is 0 Å². The maximum atomic E-state index is 12.4. The molecule has 1 aromatic carbocycles. The van der Waals surface area contributed by atoms with Crippen LogP contribution in [0.2, 0.25) is 0 Å². The molecule has 0 heterocycles. The third-order valence-electron chi connectivity index (χ3n) is 4.34. The topological polar surface area (TPSA) is 29.1 Å². The predicted octanol–water partition coefficient (Wildman–Crippen LogP) is 3.46. The molecule has 0 bridgehead atoms. The summed E-state index contributed by atoms with van der Waals surface area (Å²) in [5.74, 6) is 1.35. The highest BCUT2D eigenvalue weighted by Gasteiger charge is 2.33. The highest BCUT2D eigenvalue weighted by Crippen LogP contribution is 2.35. The van der Waals surface area contributed by atoms with Gasteiger partial charge in [0.2, 0.25) is 0 Å². The summed E-state index contributed by atoms with van der Waals surface area (Å²) in [6.45, 7) is 5.27. The Morgan fingerprint density at radius 2 is 1.95 bits per heavy atom. The third kappa shape index (κ3) is 3.92. The van der Waals surface area contributed by atoms with Crippen LogP contribution in [-0.4, -0.2) is 27.8 Å². The van der Waals surface area contributed by atoms with Crippen LogP contribution < -0.4 is 5.32 Å². The van der Waals surface area contributed by atoms with Crippen LogP contribution in [0.3, 0.4) is 0 Å². The third-order valence-corrected chi connectivity index (χ3v) is 6.11. The minimum Gasteiger partial charge on any atom is -0.313 e. The van der Waals surface area contributed by atoms with Gasteiger partial charge in [-0.3, -0.25) is 4.21 Å². The van der Waals surface area contributed by atoms with E-state index in [0.717, 1.165) is 31.6 Å². The van der Waals surface area contributed by atoms with Crippen LogP contribution in [0.5, 0.6) is 0 Å². The fraction of sp³-hybridized carbons (Fsp3) is 0.647. The Balaban J connectivity index is 2.07. The Morgan fingerprint density at radius 1 is 1.20 bits per heavy atom. The number of benzene rings is 1. The van der Waals surface area contributed by atoms with Crippen LogP contribution in [0.1, 0.15) is 51.0 Å². The molecular formula is C17H27NOS. The molecule has 1 aromatic rings. The summed E-state index contributed by atoms with van der Waals surface area (Å²) in [7, 11) is -0.704. The van der Waals surface area contributed by atoms with Gasteiger partial charge in [-0.25, -0.2) is 0 Å². The first-order valence-corrected chi connectivity index (χ1v) is 9.30. The van der Waals surface area contributed by atoms with Crippen molar-refractivity contribution in [2.24, 2.45) is 0 Å². The van der Waals surface area contributed by atoms with E-state index in [1.807, 2.05) is 6.92 Å². The van der Waals surface area contributed by atoms with Crippen molar-refractivity contribution in [2.75, 3.05) is 12.3 Å². The van der Waals surface area contributed by atoms with E-state index in [0.29, 0.717) is 17.2 Å². The van der Waals surface area contributed by atoms with Gasteiger partial charge in [0.1, 0.15) is 0 Å². The highest BCUT2D eigenvalue weighted by atomic mass is 32.2. The molecule has 1 fully saturated rings. The van der Waals surface area contributed by atoms with E-state index in [1.165, 1.54) is 12.0 Å². The maximum absolute atomic E-state index is 12.4. The van der Waals surface area contributed by atoms with Crippen molar-refractivity contribution in [3.8, 4) is 0 Å². The Hall–Kier alpha value is -0.670. The van der Waals surface area contributed by atoms with Gasteiger partial charge in [0, 0.05) is 22.6 Å². The molecule has 0 radical (unpaired) electrons. The maximum Gasteiger partial charge on any atom is 0.0506 e. The number of rotatable bonds is 6. The van der Waals surface area contributed by atoms with Crippen LogP contribution in [-0.2, 0) is 10.8 Å². The average molecular weight is 293 g/mol. The van der Waals surface area contributed by atoms with Gasteiger partial charge in [-0.2, -0.15) is 0 Å². The summed E-state index contributed by atoms with van der Waals surface area (Å²) < 4.78 is 12.4. The summed E-state index contributed by atoms with van der Waals surface area (Å²) >= 11 is 0. The zero-order chi connectivity index (χ0) is 14.4. The molecule has 20 heavy (non-hydrogen) atoms. The molecule has 0 amide bonds. The van der Waals surface area contributed by atoms with Crippen molar-refractivity contribution in [1.82, 2.24) is 5.32 Å². The van der Waals surface area contributed by atoms with Gasteiger partial charge in [0.25, 0.3) is 0 Å². The van der Waals surface area contributed by atoms with E-state index in [1.54, 1.807) is 0 Å². The van der Waals surface area contributed by atoms with E-state index >= 15 is 0 Å². The molecule has 0 saturated heterocycles. The summed E-state index contributed by atoms with van der Waals surface area (Å²) in [4.78, 5) is 0. The van der Waals surface area contributed by atoms with Crippen molar-refractivity contribution in [3.05, 3.63) is 35.9 Å². The van der Waals surface area contributed by atoms with E-state index in [9.17, 15) is 4.21 Å². The van der Waals surface area contributed by atoms with Crippen LogP contribution in [0.25, 0.3) is 0 Å². The van der Waals surface area contributed by atoms with Gasteiger partial charge in [-0.1, -0.05) is 44.2 Å². The molecule has 2 rings (SSSR count). The number of nitrogens with one attached hydrogen (secondary N) is 1. The Morgan fingerprint density at radius 3 is 2.60 bits per heavy atom. The van der Waals surface area contributed by atoms with Gasteiger partial charge < -0.3 is 5.32 Å². The largest absolute Gasteiger partial charge is 0.313 e. The average Bonchev–Trinajstić information content (AvgIpc) is 2.53. The van der Waals surface area contributed by atoms with Crippen LogP contribution in [0.15, 0.2) is 30.3 Å². The second-order valence-electron chi connectivity index (χ2n) is 5.69. The lowest BCUT2D eigenvalue weighted by atomic mass is 9.81. The van der Waals surface area contributed by atoms with Crippen molar-refractivity contribution in [1.29, 1.82) is 0 Å². The van der Waals surface area contributed by atoms with E-state index in [-0.39, 0.29) is 0 Å². The quantitative estimate of drug-likeness (QED) is 0.870. The lowest BCUT2D eigenvalue weighted by Crippen LogP contribution is -2.46. The fourth-order valence-electron chi connectivity index (χ4n) is 3.22. The molecule has 112 valence electrons. The molecule has 1 N–H and O–H groups in total. The standard InChI is InChI=1S/C17H27NOS/c1-3-12-18-16-11-10-15(13-17(16)20(19)4-2)14-8-6-5-7-9-14/h5-9,15-18H,3-4,10-13H2,1-2H3. The summed E-state index contributed by atoms with van der Waals surface area (Å²) in [6, 6.07) is 11.2. The first kappa shape index (κ1) is 15.7. The fourth-order valence-corrected chi connectivity index (χ4v) is 4.70. The zero-order valence-electron chi connectivity index (χ0n) is 12.7.